The first kappa shape index (κ1) is 17.9. The van der Waals surface area contributed by atoms with Crippen LogP contribution < -0.4 is 9.80 Å². The van der Waals surface area contributed by atoms with Gasteiger partial charge in [-0.3, -0.25) is 9.69 Å². The Labute approximate surface area is 149 Å². The van der Waals surface area contributed by atoms with Gasteiger partial charge in [-0.2, -0.15) is 4.98 Å². The number of piperidine rings is 1. The molecule has 3 heterocycles. The van der Waals surface area contributed by atoms with E-state index in [9.17, 15) is 9.90 Å². The quantitative estimate of drug-likeness (QED) is 0.869. The Morgan fingerprint density at radius 1 is 1.40 bits per heavy atom. The fourth-order valence-electron chi connectivity index (χ4n) is 4.19. The molecule has 1 atom stereocenters. The lowest BCUT2D eigenvalue weighted by molar-refractivity contribution is -0.142. The molecule has 1 spiro atoms. The summed E-state index contributed by atoms with van der Waals surface area (Å²) in [5, 5.41) is 9.56. The number of carbonyl (C=O) groups is 1. The van der Waals surface area contributed by atoms with Crippen LogP contribution in [0.5, 0.6) is 0 Å². The van der Waals surface area contributed by atoms with E-state index in [0.717, 1.165) is 63.6 Å². The molecule has 1 aromatic heterocycles. The van der Waals surface area contributed by atoms with Crippen molar-refractivity contribution in [2.75, 3.05) is 50.1 Å². The molecule has 25 heavy (non-hydrogen) atoms. The van der Waals surface area contributed by atoms with Gasteiger partial charge in [-0.25, -0.2) is 4.98 Å². The van der Waals surface area contributed by atoms with Crippen molar-refractivity contribution in [3.8, 4) is 0 Å². The minimum absolute atomic E-state index is 0.133. The highest BCUT2D eigenvalue weighted by molar-refractivity contribution is 5.74. The van der Waals surface area contributed by atoms with Crippen LogP contribution in [0.25, 0.3) is 0 Å². The molecule has 0 unspecified atom stereocenters. The van der Waals surface area contributed by atoms with E-state index in [2.05, 4.69) is 26.7 Å². The number of hydrogen-bond acceptors (Lipinski definition) is 6. The van der Waals surface area contributed by atoms with E-state index < -0.39 is 5.97 Å². The zero-order chi connectivity index (χ0) is 18.0. The molecule has 2 fully saturated rings. The maximum absolute atomic E-state index is 11.6. The molecule has 1 N–H and O–H groups in total. The maximum atomic E-state index is 11.6. The topological polar surface area (TPSA) is 72.8 Å². The predicted molar refractivity (Wildman–Crippen MR) is 98.1 cm³/mol. The molecule has 0 bridgehead atoms. The number of aliphatic carboxylic acids is 1. The molecular weight excluding hydrogens is 318 g/mol. The smallest absolute Gasteiger partial charge is 0.320 e. The van der Waals surface area contributed by atoms with E-state index in [4.69, 9.17) is 0 Å². The Bertz CT molecular complexity index is 613. The molecule has 7 heteroatoms. The van der Waals surface area contributed by atoms with Crippen LogP contribution in [-0.2, 0) is 4.79 Å². The second-order valence-corrected chi connectivity index (χ2v) is 7.62. The lowest BCUT2D eigenvalue weighted by atomic mass is 9.76. The Kier molecular flexibility index (Phi) is 5.13. The lowest BCUT2D eigenvalue weighted by Gasteiger charge is -2.39. The number of hydrogen-bond donors (Lipinski definition) is 1. The van der Waals surface area contributed by atoms with Crippen molar-refractivity contribution in [3.05, 3.63) is 12.3 Å². The summed E-state index contributed by atoms with van der Waals surface area (Å²) >= 11 is 0. The summed E-state index contributed by atoms with van der Waals surface area (Å²) in [6, 6.07) is 1.59. The van der Waals surface area contributed by atoms with Crippen molar-refractivity contribution in [1.82, 2.24) is 14.9 Å². The van der Waals surface area contributed by atoms with Crippen molar-refractivity contribution in [2.24, 2.45) is 5.41 Å². The normalized spacial score (nSPS) is 23.2. The van der Waals surface area contributed by atoms with Gasteiger partial charge in [0.05, 0.1) is 0 Å². The van der Waals surface area contributed by atoms with Crippen LogP contribution in [0.15, 0.2) is 12.3 Å². The minimum atomic E-state index is -0.672. The largest absolute Gasteiger partial charge is 0.480 e. The van der Waals surface area contributed by atoms with Gasteiger partial charge in [-0.15, -0.1) is 0 Å². The van der Waals surface area contributed by atoms with Crippen molar-refractivity contribution in [3.63, 3.8) is 0 Å². The Balaban J connectivity index is 1.67. The standard InChI is InChI=1S/C18H29N5O2/c1-4-9-23-13-18(12-14(23)16(24)25)6-10-22(11-7-18)17-19-8-5-15(20-17)21(2)3/h5,8,14H,4,6-7,9-13H2,1-3H3,(H,24,25)/t14-/m0/s1. The lowest BCUT2D eigenvalue weighted by Crippen LogP contribution is -2.42. The second-order valence-electron chi connectivity index (χ2n) is 7.62. The number of likely N-dealkylation sites (tertiary alicyclic amines) is 1. The molecular formula is C18H29N5O2. The third kappa shape index (κ3) is 3.71. The number of anilines is 2. The van der Waals surface area contributed by atoms with Gasteiger partial charge in [0.25, 0.3) is 0 Å². The highest BCUT2D eigenvalue weighted by Crippen LogP contribution is 2.43. The zero-order valence-electron chi connectivity index (χ0n) is 15.5. The molecule has 0 radical (unpaired) electrons. The van der Waals surface area contributed by atoms with Gasteiger partial charge in [0.1, 0.15) is 11.9 Å². The summed E-state index contributed by atoms with van der Waals surface area (Å²) in [6.45, 7) is 5.68. The summed E-state index contributed by atoms with van der Waals surface area (Å²) in [7, 11) is 3.95. The molecule has 0 amide bonds. The average Bonchev–Trinajstić information content (AvgIpc) is 2.94. The number of carboxylic acids is 1. The minimum Gasteiger partial charge on any atom is -0.480 e. The fraction of sp³-hybridized carbons (Fsp3) is 0.722. The molecule has 0 saturated carbocycles. The van der Waals surface area contributed by atoms with Gasteiger partial charge in [0, 0.05) is 39.9 Å². The Morgan fingerprint density at radius 2 is 2.12 bits per heavy atom. The molecule has 2 saturated heterocycles. The first-order valence-corrected chi connectivity index (χ1v) is 9.16. The summed E-state index contributed by atoms with van der Waals surface area (Å²) < 4.78 is 0. The molecule has 138 valence electrons. The van der Waals surface area contributed by atoms with E-state index in [1.54, 1.807) is 6.20 Å². The van der Waals surface area contributed by atoms with Crippen LogP contribution in [-0.4, -0.2) is 72.3 Å². The molecule has 1 aromatic rings. The molecule has 0 aromatic carbocycles. The van der Waals surface area contributed by atoms with Crippen LogP contribution in [0.4, 0.5) is 11.8 Å². The van der Waals surface area contributed by atoms with Crippen LogP contribution in [0, 0.1) is 5.41 Å². The van der Waals surface area contributed by atoms with E-state index in [1.807, 2.05) is 25.1 Å². The van der Waals surface area contributed by atoms with E-state index in [0.29, 0.717) is 0 Å². The van der Waals surface area contributed by atoms with E-state index >= 15 is 0 Å². The van der Waals surface area contributed by atoms with Gasteiger partial charge in [-0.05, 0) is 43.7 Å². The van der Waals surface area contributed by atoms with Crippen LogP contribution in [0.3, 0.4) is 0 Å². The molecule has 7 nitrogen and oxygen atoms in total. The highest BCUT2D eigenvalue weighted by Gasteiger charge is 2.47. The van der Waals surface area contributed by atoms with E-state index in [-0.39, 0.29) is 11.5 Å². The van der Waals surface area contributed by atoms with Gasteiger partial charge < -0.3 is 14.9 Å². The summed E-state index contributed by atoms with van der Waals surface area (Å²) in [5.41, 5.74) is 0.133. The molecule has 3 rings (SSSR count). The molecule has 2 aliphatic rings. The van der Waals surface area contributed by atoms with Crippen molar-refractivity contribution in [2.45, 2.75) is 38.6 Å². The molecule has 2 aliphatic heterocycles. The van der Waals surface area contributed by atoms with Gasteiger partial charge in [-0.1, -0.05) is 6.92 Å². The predicted octanol–water partition coefficient (Wildman–Crippen LogP) is 1.70. The SMILES string of the molecule is CCCN1CC2(CCN(c3nccc(N(C)C)n3)CC2)C[C@H]1C(=O)O. The second kappa shape index (κ2) is 7.15. The zero-order valence-corrected chi connectivity index (χ0v) is 15.5. The van der Waals surface area contributed by atoms with Gasteiger partial charge >= 0.3 is 5.97 Å². The highest BCUT2D eigenvalue weighted by atomic mass is 16.4. The van der Waals surface area contributed by atoms with Crippen molar-refractivity contribution in [1.29, 1.82) is 0 Å². The van der Waals surface area contributed by atoms with Gasteiger partial charge in [0.2, 0.25) is 5.95 Å². The fourth-order valence-corrected chi connectivity index (χ4v) is 4.19. The summed E-state index contributed by atoms with van der Waals surface area (Å²) in [4.78, 5) is 27.1. The maximum Gasteiger partial charge on any atom is 0.320 e. The number of nitrogens with zero attached hydrogens (tertiary/aromatic N) is 5. The number of rotatable bonds is 5. The van der Waals surface area contributed by atoms with Gasteiger partial charge in [0.15, 0.2) is 0 Å². The van der Waals surface area contributed by atoms with Crippen LogP contribution >= 0.6 is 0 Å². The monoisotopic (exact) mass is 347 g/mol. The Hall–Kier alpha value is -1.89. The first-order chi connectivity index (χ1) is 11.9. The summed E-state index contributed by atoms with van der Waals surface area (Å²) in [5.74, 6) is 1.01. The van der Waals surface area contributed by atoms with Crippen LogP contribution in [0.2, 0.25) is 0 Å². The third-order valence-corrected chi connectivity index (χ3v) is 5.59. The Morgan fingerprint density at radius 3 is 2.72 bits per heavy atom. The van der Waals surface area contributed by atoms with E-state index in [1.165, 1.54) is 0 Å². The first-order valence-electron chi connectivity index (χ1n) is 9.16. The molecule has 0 aliphatic carbocycles. The van der Waals surface area contributed by atoms with Crippen molar-refractivity contribution < 1.29 is 9.90 Å². The third-order valence-electron chi connectivity index (χ3n) is 5.59. The number of aromatic nitrogens is 2. The van der Waals surface area contributed by atoms with Crippen LogP contribution in [0.1, 0.15) is 32.6 Å². The summed E-state index contributed by atoms with van der Waals surface area (Å²) in [6.07, 6.45) is 5.59. The number of carboxylic acid groups (broad SMARTS) is 1. The average molecular weight is 347 g/mol. The van der Waals surface area contributed by atoms with Crippen molar-refractivity contribution >= 4 is 17.7 Å².